The number of ether oxygens (including phenoxy) is 2. The second kappa shape index (κ2) is 7.82. The van der Waals surface area contributed by atoms with Crippen molar-refractivity contribution in [2.24, 2.45) is 0 Å². The van der Waals surface area contributed by atoms with Gasteiger partial charge in [0.15, 0.2) is 17.5 Å². The molecule has 1 heterocycles. The van der Waals surface area contributed by atoms with Crippen LogP contribution in [-0.2, 0) is 11.0 Å². The zero-order chi connectivity index (χ0) is 21.2. The number of fused-ring (bicyclic) bond motifs is 1. The van der Waals surface area contributed by atoms with Crippen molar-refractivity contribution in [3.63, 3.8) is 0 Å². The van der Waals surface area contributed by atoms with E-state index in [0.29, 0.717) is 5.56 Å². The minimum atomic E-state index is -4.83. The molecule has 29 heavy (non-hydrogen) atoms. The van der Waals surface area contributed by atoms with Crippen LogP contribution in [0.25, 0.3) is 10.9 Å². The van der Waals surface area contributed by atoms with Crippen LogP contribution < -0.4 is 14.8 Å². The number of halogens is 3. The maximum Gasteiger partial charge on any atom is 0.451 e. The van der Waals surface area contributed by atoms with Crippen molar-refractivity contribution in [3.8, 4) is 11.5 Å². The molecule has 0 spiro atoms. The minimum Gasteiger partial charge on any atom is -0.493 e. The van der Waals surface area contributed by atoms with Gasteiger partial charge in [0.05, 0.1) is 19.7 Å². The molecule has 1 unspecified atom stereocenters. The Morgan fingerprint density at radius 1 is 1.07 bits per heavy atom. The summed E-state index contributed by atoms with van der Waals surface area (Å²) >= 11 is 0. The van der Waals surface area contributed by atoms with Gasteiger partial charge in [-0.1, -0.05) is 30.3 Å². The quantitative estimate of drug-likeness (QED) is 0.640. The van der Waals surface area contributed by atoms with Crippen molar-refractivity contribution in [3.05, 3.63) is 53.9 Å². The number of nitrogens with one attached hydrogen (secondary N) is 1. The average Bonchev–Trinajstić information content (AvgIpc) is 2.70. The zero-order valence-corrected chi connectivity index (χ0v) is 15.3. The number of nitrogens with zero attached hydrogens (tertiary/aromatic N) is 2. The number of carbonyl (C=O) groups is 1. The van der Waals surface area contributed by atoms with Crippen LogP contribution in [0.1, 0.15) is 17.4 Å². The van der Waals surface area contributed by atoms with Gasteiger partial charge >= 0.3 is 12.1 Å². The molecule has 0 fully saturated rings. The second-order valence-corrected chi connectivity index (χ2v) is 5.94. The summed E-state index contributed by atoms with van der Waals surface area (Å²) in [5.74, 6) is -2.57. The van der Waals surface area contributed by atoms with Gasteiger partial charge in [0.1, 0.15) is 5.82 Å². The van der Waals surface area contributed by atoms with E-state index in [9.17, 15) is 23.1 Å². The van der Waals surface area contributed by atoms with Crippen molar-refractivity contribution < 1.29 is 32.5 Å². The summed E-state index contributed by atoms with van der Waals surface area (Å²) < 4.78 is 50.3. The molecule has 0 saturated heterocycles. The fourth-order valence-corrected chi connectivity index (χ4v) is 2.76. The molecule has 3 aromatic rings. The fourth-order valence-electron chi connectivity index (χ4n) is 2.76. The topological polar surface area (TPSA) is 93.6 Å². The third kappa shape index (κ3) is 4.15. The third-order valence-corrected chi connectivity index (χ3v) is 4.12. The van der Waals surface area contributed by atoms with Gasteiger partial charge in [-0.15, -0.1) is 0 Å². The Bertz CT molecular complexity index is 1040. The van der Waals surface area contributed by atoms with Crippen molar-refractivity contribution in [2.45, 2.75) is 12.2 Å². The molecule has 0 aliphatic rings. The van der Waals surface area contributed by atoms with E-state index in [1.165, 1.54) is 26.4 Å². The van der Waals surface area contributed by atoms with Crippen LogP contribution in [0.5, 0.6) is 11.5 Å². The van der Waals surface area contributed by atoms with Crippen molar-refractivity contribution in [1.82, 2.24) is 9.97 Å². The molecule has 10 heteroatoms. The van der Waals surface area contributed by atoms with Crippen LogP contribution in [0.4, 0.5) is 19.0 Å². The first-order valence-corrected chi connectivity index (χ1v) is 8.30. The Labute approximate surface area is 163 Å². The molecule has 152 valence electrons. The summed E-state index contributed by atoms with van der Waals surface area (Å²) in [7, 11) is 2.70. The molecule has 0 radical (unpaired) electrons. The third-order valence-electron chi connectivity index (χ3n) is 4.12. The lowest BCUT2D eigenvalue weighted by Crippen LogP contribution is -2.22. The number of carboxylic acid groups (broad SMARTS) is 1. The van der Waals surface area contributed by atoms with Gasteiger partial charge < -0.3 is 19.9 Å². The van der Waals surface area contributed by atoms with Gasteiger partial charge in [-0.25, -0.2) is 14.8 Å². The number of aliphatic carboxylic acids is 1. The maximum absolute atomic E-state index is 13.3. The number of anilines is 1. The monoisotopic (exact) mass is 407 g/mol. The van der Waals surface area contributed by atoms with Crippen LogP contribution in [0.2, 0.25) is 0 Å². The van der Waals surface area contributed by atoms with Crippen LogP contribution in [0.15, 0.2) is 42.5 Å². The molecule has 0 aliphatic carbocycles. The van der Waals surface area contributed by atoms with Crippen LogP contribution in [0, 0.1) is 0 Å². The SMILES string of the molecule is COc1cc2nc(C(F)(F)F)nc(NC(C(=O)O)c3ccccc3)c2cc1OC. The highest BCUT2D eigenvalue weighted by atomic mass is 19.4. The van der Waals surface area contributed by atoms with E-state index in [1.54, 1.807) is 30.3 Å². The van der Waals surface area contributed by atoms with E-state index in [0.717, 1.165) is 0 Å². The standard InChI is InChI=1S/C19H16F3N3O4/c1-28-13-8-11-12(9-14(13)29-2)23-18(19(20,21)22)25-16(11)24-15(17(26)27)10-6-4-3-5-7-10/h3-9,15H,1-2H3,(H,26,27)(H,23,24,25). The lowest BCUT2D eigenvalue weighted by atomic mass is 10.1. The van der Waals surface area contributed by atoms with E-state index in [2.05, 4.69) is 15.3 Å². The minimum absolute atomic E-state index is 0.0790. The summed E-state index contributed by atoms with van der Waals surface area (Å²) in [5, 5.41) is 12.3. The van der Waals surface area contributed by atoms with Crippen LogP contribution in [0.3, 0.4) is 0 Å². The van der Waals surface area contributed by atoms with Gasteiger partial charge in [0, 0.05) is 11.5 Å². The normalized spacial score (nSPS) is 12.4. The molecule has 1 aromatic heterocycles. The summed E-state index contributed by atoms with van der Waals surface area (Å²) in [6, 6.07) is 9.37. The maximum atomic E-state index is 13.3. The highest BCUT2D eigenvalue weighted by Gasteiger charge is 2.36. The largest absolute Gasteiger partial charge is 0.493 e. The van der Waals surface area contributed by atoms with E-state index < -0.39 is 24.0 Å². The number of alkyl halides is 3. The van der Waals surface area contributed by atoms with Gasteiger partial charge in [0.25, 0.3) is 0 Å². The fraction of sp³-hybridized carbons (Fsp3) is 0.211. The number of aromatic nitrogens is 2. The summed E-state index contributed by atoms with van der Waals surface area (Å²) in [6.07, 6.45) is -4.83. The number of methoxy groups -OCH3 is 2. The van der Waals surface area contributed by atoms with E-state index in [4.69, 9.17) is 9.47 Å². The van der Waals surface area contributed by atoms with Gasteiger partial charge in [-0.2, -0.15) is 13.2 Å². The summed E-state index contributed by atoms with van der Waals surface area (Å²) in [6.45, 7) is 0. The molecule has 0 amide bonds. The first-order valence-electron chi connectivity index (χ1n) is 8.30. The first-order chi connectivity index (χ1) is 13.7. The molecular weight excluding hydrogens is 391 g/mol. The first kappa shape index (κ1) is 20.2. The molecule has 0 saturated carbocycles. The predicted molar refractivity (Wildman–Crippen MR) is 98.1 cm³/mol. The number of rotatable bonds is 6. The van der Waals surface area contributed by atoms with E-state index in [-0.39, 0.29) is 28.2 Å². The Morgan fingerprint density at radius 2 is 1.69 bits per heavy atom. The Balaban J connectivity index is 2.21. The van der Waals surface area contributed by atoms with E-state index in [1.807, 2.05) is 0 Å². The van der Waals surface area contributed by atoms with Gasteiger partial charge in [-0.3, -0.25) is 0 Å². The van der Waals surface area contributed by atoms with E-state index >= 15 is 0 Å². The summed E-state index contributed by atoms with van der Waals surface area (Å²) in [4.78, 5) is 18.9. The smallest absolute Gasteiger partial charge is 0.451 e. The van der Waals surface area contributed by atoms with Gasteiger partial charge in [0.2, 0.25) is 5.82 Å². The average molecular weight is 407 g/mol. The predicted octanol–water partition coefficient (Wildman–Crippen LogP) is 3.90. The highest BCUT2D eigenvalue weighted by Crippen LogP contribution is 2.37. The number of hydrogen-bond acceptors (Lipinski definition) is 6. The lowest BCUT2D eigenvalue weighted by molar-refractivity contribution is -0.144. The van der Waals surface area contributed by atoms with Gasteiger partial charge in [-0.05, 0) is 11.6 Å². The summed E-state index contributed by atoms with van der Waals surface area (Å²) in [5.41, 5.74) is 0.269. The highest BCUT2D eigenvalue weighted by molar-refractivity contribution is 5.93. The Kier molecular flexibility index (Phi) is 5.44. The van der Waals surface area contributed by atoms with Crippen LogP contribution in [-0.4, -0.2) is 35.3 Å². The Morgan fingerprint density at radius 3 is 2.24 bits per heavy atom. The molecule has 7 nitrogen and oxygen atoms in total. The molecule has 0 aliphatic heterocycles. The molecular formula is C19H16F3N3O4. The molecule has 0 bridgehead atoms. The van der Waals surface area contributed by atoms with Crippen LogP contribution >= 0.6 is 0 Å². The lowest BCUT2D eigenvalue weighted by Gasteiger charge is -2.19. The van der Waals surface area contributed by atoms with Crippen molar-refractivity contribution >= 4 is 22.7 Å². The van der Waals surface area contributed by atoms with Crippen molar-refractivity contribution in [2.75, 3.05) is 19.5 Å². The molecule has 1 atom stereocenters. The molecule has 3 rings (SSSR count). The Hall–Kier alpha value is -3.56. The number of carboxylic acids is 1. The molecule has 2 N–H and O–H groups in total. The number of hydrogen-bond donors (Lipinski definition) is 2. The number of benzene rings is 2. The van der Waals surface area contributed by atoms with Crippen molar-refractivity contribution in [1.29, 1.82) is 0 Å². The zero-order valence-electron chi connectivity index (χ0n) is 15.3. The molecule has 2 aromatic carbocycles. The second-order valence-electron chi connectivity index (χ2n) is 5.94.